The third-order valence-electron chi connectivity index (χ3n) is 5.47. The maximum atomic E-state index is 5.83. The van der Waals surface area contributed by atoms with Crippen LogP contribution in [0.3, 0.4) is 0 Å². The lowest BCUT2D eigenvalue weighted by molar-refractivity contribution is 0.0551. The number of nitrogens with one attached hydrogen (secondary N) is 1. The highest BCUT2D eigenvalue weighted by molar-refractivity contribution is 4.84. The second-order valence-corrected chi connectivity index (χ2v) is 6.98. The van der Waals surface area contributed by atoms with Crippen molar-refractivity contribution in [1.29, 1.82) is 0 Å². The van der Waals surface area contributed by atoms with Gasteiger partial charge in [0.15, 0.2) is 0 Å². The standard InChI is InChI=1S/C16H32N2O/c1-12(2)14-3-5-15(6-4-14)16(18-17)11-13-7-9-19-10-8-13/h12-16,18H,3-11,17H2,1-2H3. The molecule has 0 spiro atoms. The molecule has 1 aliphatic carbocycles. The van der Waals surface area contributed by atoms with Crippen molar-refractivity contribution in [2.75, 3.05) is 13.2 Å². The summed E-state index contributed by atoms with van der Waals surface area (Å²) in [6, 6.07) is 0.524. The van der Waals surface area contributed by atoms with Gasteiger partial charge in [-0.15, -0.1) is 0 Å². The fourth-order valence-corrected chi connectivity index (χ4v) is 3.95. The van der Waals surface area contributed by atoms with E-state index in [1.54, 1.807) is 0 Å². The number of hydrogen-bond donors (Lipinski definition) is 2. The van der Waals surface area contributed by atoms with Gasteiger partial charge in [0, 0.05) is 19.3 Å². The topological polar surface area (TPSA) is 47.3 Å². The van der Waals surface area contributed by atoms with Crippen LogP contribution in [0.25, 0.3) is 0 Å². The minimum absolute atomic E-state index is 0.524. The molecule has 0 radical (unpaired) electrons. The molecule has 1 atom stereocenters. The molecule has 0 aromatic carbocycles. The molecule has 19 heavy (non-hydrogen) atoms. The van der Waals surface area contributed by atoms with Crippen LogP contribution < -0.4 is 11.3 Å². The monoisotopic (exact) mass is 268 g/mol. The largest absolute Gasteiger partial charge is 0.381 e. The Balaban J connectivity index is 1.78. The Morgan fingerprint density at radius 3 is 2.11 bits per heavy atom. The summed E-state index contributed by atoms with van der Waals surface area (Å²) in [5.74, 6) is 9.24. The van der Waals surface area contributed by atoms with Crippen molar-refractivity contribution in [3.05, 3.63) is 0 Å². The first-order valence-corrected chi connectivity index (χ1v) is 8.24. The predicted molar refractivity (Wildman–Crippen MR) is 79.6 cm³/mol. The van der Waals surface area contributed by atoms with E-state index >= 15 is 0 Å². The molecule has 1 saturated carbocycles. The highest BCUT2D eigenvalue weighted by Gasteiger charge is 2.30. The van der Waals surface area contributed by atoms with Crippen LogP contribution in [0.4, 0.5) is 0 Å². The smallest absolute Gasteiger partial charge is 0.0468 e. The number of hydrogen-bond acceptors (Lipinski definition) is 3. The molecule has 0 aromatic rings. The second kappa shape index (κ2) is 7.61. The Bertz CT molecular complexity index is 243. The average molecular weight is 268 g/mol. The average Bonchev–Trinajstić information content (AvgIpc) is 2.46. The van der Waals surface area contributed by atoms with E-state index < -0.39 is 0 Å². The molecule has 2 aliphatic rings. The highest BCUT2D eigenvalue weighted by atomic mass is 16.5. The van der Waals surface area contributed by atoms with E-state index in [2.05, 4.69) is 19.3 Å². The highest BCUT2D eigenvalue weighted by Crippen LogP contribution is 2.36. The molecule has 2 rings (SSSR count). The SMILES string of the molecule is CC(C)C1CCC(C(CC2CCOCC2)NN)CC1. The van der Waals surface area contributed by atoms with E-state index in [9.17, 15) is 0 Å². The quantitative estimate of drug-likeness (QED) is 0.595. The van der Waals surface area contributed by atoms with Crippen molar-refractivity contribution in [3.8, 4) is 0 Å². The Labute approximate surface area is 118 Å². The van der Waals surface area contributed by atoms with E-state index in [1.165, 1.54) is 44.9 Å². The molecule has 1 heterocycles. The molecular weight excluding hydrogens is 236 g/mol. The maximum absolute atomic E-state index is 5.83. The number of hydrazine groups is 1. The van der Waals surface area contributed by atoms with Gasteiger partial charge in [-0.25, -0.2) is 0 Å². The Morgan fingerprint density at radius 2 is 1.58 bits per heavy atom. The lowest BCUT2D eigenvalue weighted by atomic mass is 9.73. The zero-order valence-electron chi connectivity index (χ0n) is 12.7. The third kappa shape index (κ3) is 4.44. The molecule has 1 saturated heterocycles. The summed E-state index contributed by atoms with van der Waals surface area (Å²) in [5.41, 5.74) is 3.12. The maximum Gasteiger partial charge on any atom is 0.0468 e. The Hall–Kier alpha value is -0.120. The Kier molecular flexibility index (Phi) is 6.11. The molecule has 3 N–H and O–H groups in total. The van der Waals surface area contributed by atoms with Gasteiger partial charge in [0.2, 0.25) is 0 Å². The fourth-order valence-electron chi connectivity index (χ4n) is 3.95. The first-order valence-electron chi connectivity index (χ1n) is 8.24. The van der Waals surface area contributed by atoms with Crippen LogP contribution >= 0.6 is 0 Å². The van der Waals surface area contributed by atoms with E-state index in [1.807, 2.05) is 0 Å². The van der Waals surface area contributed by atoms with Crippen molar-refractivity contribution in [3.63, 3.8) is 0 Å². The van der Waals surface area contributed by atoms with Gasteiger partial charge in [0.05, 0.1) is 0 Å². The first-order chi connectivity index (χ1) is 9.20. The van der Waals surface area contributed by atoms with Gasteiger partial charge in [-0.05, 0) is 68.6 Å². The normalized spacial score (nSPS) is 31.6. The van der Waals surface area contributed by atoms with Crippen molar-refractivity contribution >= 4 is 0 Å². The van der Waals surface area contributed by atoms with Crippen LogP contribution in [0.1, 0.15) is 58.8 Å². The van der Waals surface area contributed by atoms with Crippen LogP contribution in [0.2, 0.25) is 0 Å². The molecule has 1 unspecified atom stereocenters. The fraction of sp³-hybridized carbons (Fsp3) is 1.00. The molecule has 0 amide bonds. The van der Waals surface area contributed by atoms with E-state index in [-0.39, 0.29) is 0 Å². The van der Waals surface area contributed by atoms with Crippen molar-refractivity contribution < 1.29 is 4.74 Å². The summed E-state index contributed by atoms with van der Waals surface area (Å²) in [6.45, 7) is 6.63. The van der Waals surface area contributed by atoms with Crippen molar-refractivity contribution in [2.45, 2.75) is 64.8 Å². The van der Waals surface area contributed by atoms with Gasteiger partial charge in [-0.1, -0.05) is 13.8 Å². The molecule has 3 nitrogen and oxygen atoms in total. The zero-order valence-corrected chi connectivity index (χ0v) is 12.7. The van der Waals surface area contributed by atoms with Crippen LogP contribution in [0.15, 0.2) is 0 Å². The van der Waals surface area contributed by atoms with Crippen LogP contribution in [0, 0.1) is 23.7 Å². The second-order valence-electron chi connectivity index (χ2n) is 6.98. The summed E-state index contributed by atoms with van der Waals surface area (Å²) in [6.07, 6.45) is 9.21. The van der Waals surface area contributed by atoms with Gasteiger partial charge in [0.1, 0.15) is 0 Å². The molecule has 1 aliphatic heterocycles. The lowest BCUT2D eigenvalue weighted by Gasteiger charge is -2.37. The van der Waals surface area contributed by atoms with Crippen molar-refractivity contribution in [1.82, 2.24) is 5.43 Å². The lowest BCUT2D eigenvalue weighted by Crippen LogP contribution is -2.44. The van der Waals surface area contributed by atoms with E-state index in [0.717, 1.165) is 36.9 Å². The summed E-state index contributed by atoms with van der Waals surface area (Å²) in [4.78, 5) is 0. The summed E-state index contributed by atoms with van der Waals surface area (Å²) in [7, 11) is 0. The first kappa shape index (κ1) is 15.3. The molecule has 112 valence electrons. The van der Waals surface area contributed by atoms with Crippen LogP contribution in [-0.2, 0) is 4.74 Å². The summed E-state index contributed by atoms with van der Waals surface area (Å²) >= 11 is 0. The van der Waals surface area contributed by atoms with Crippen LogP contribution in [-0.4, -0.2) is 19.3 Å². The Morgan fingerprint density at radius 1 is 1.00 bits per heavy atom. The zero-order chi connectivity index (χ0) is 13.7. The minimum atomic E-state index is 0.524. The van der Waals surface area contributed by atoms with Gasteiger partial charge in [0.25, 0.3) is 0 Å². The summed E-state index contributed by atoms with van der Waals surface area (Å²) < 4.78 is 5.45. The van der Waals surface area contributed by atoms with Gasteiger partial charge >= 0.3 is 0 Å². The predicted octanol–water partition coefficient (Wildman–Crippen LogP) is 3.10. The van der Waals surface area contributed by atoms with Crippen LogP contribution in [0.5, 0.6) is 0 Å². The molecular formula is C16H32N2O. The number of ether oxygens (including phenoxy) is 1. The molecule has 0 aromatic heterocycles. The van der Waals surface area contributed by atoms with E-state index in [0.29, 0.717) is 6.04 Å². The van der Waals surface area contributed by atoms with Gasteiger partial charge in [-0.3, -0.25) is 11.3 Å². The van der Waals surface area contributed by atoms with Gasteiger partial charge < -0.3 is 4.74 Å². The third-order valence-corrected chi connectivity index (χ3v) is 5.47. The molecule has 0 bridgehead atoms. The number of nitrogens with two attached hydrogens (primary N) is 1. The summed E-state index contributed by atoms with van der Waals surface area (Å²) in [5, 5.41) is 0. The molecule has 3 heteroatoms. The number of rotatable bonds is 5. The van der Waals surface area contributed by atoms with Crippen molar-refractivity contribution in [2.24, 2.45) is 29.5 Å². The molecule has 2 fully saturated rings. The minimum Gasteiger partial charge on any atom is -0.381 e. The van der Waals surface area contributed by atoms with E-state index in [4.69, 9.17) is 10.6 Å². The van der Waals surface area contributed by atoms with Gasteiger partial charge in [-0.2, -0.15) is 0 Å².